The minimum Gasteiger partial charge on any atom is -0.469 e. The largest absolute Gasteiger partial charge is 0.469 e. The fraction of sp³-hybridized carbons (Fsp3) is 0.321. The Kier molecular flexibility index (Phi) is 6.85. The predicted octanol–water partition coefficient (Wildman–Crippen LogP) is 3.78. The number of hydrogen-bond acceptors (Lipinski definition) is 6. The van der Waals surface area contributed by atoms with Gasteiger partial charge >= 0.3 is 0 Å². The molecule has 9 heteroatoms. The van der Waals surface area contributed by atoms with Crippen molar-refractivity contribution in [3.63, 3.8) is 0 Å². The van der Waals surface area contributed by atoms with E-state index in [0.717, 1.165) is 22.6 Å². The Hall–Kier alpha value is -4.27. The smallest absolute Gasteiger partial charge is 0.223 e. The van der Waals surface area contributed by atoms with Crippen LogP contribution in [-0.2, 0) is 16.0 Å². The van der Waals surface area contributed by atoms with E-state index >= 15 is 0 Å². The molecule has 1 saturated heterocycles. The van der Waals surface area contributed by atoms with Crippen LogP contribution in [0.5, 0.6) is 0 Å². The summed E-state index contributed by atoms with van der Waals surface area (Å²) >= 11 is 0. The van der Waals surface area contributed by atoms with Gasteiger partial charge in [0.15, 0.2) is 5.82 Å². The van der Waals surface area contributed by atoms with E-state index in [0.29, 0.717) is 31.5 Å². The lowest BCUT2D eigenvalue weighted by Gasteiger charge is -2.31. The summed E-state index contributed by atoms with van der Waals surface area (Å²) in [5.74, 6) is 1.29. The summed E-state index contributed by atoms with van der Waals surface area (Å²) in [4.78, 5) is 27.5. The Morgan fingerprint density at radius 3 is 2.62 bits per heavy atom. The maximum Gasteiger partial charge on any atom is 0.223 e. The molecule has 2 aromatic carbocycles. The van der Waals surface area contributed by atoms with Gasteiger partial charge in [-0.15, -0.1) is 5.10 Å². The number of carbonyl (C=O) groups excluding carboxylic acids is 2. The van der Waals surface area contributed by atoms with Crippen LogP contribution in [0.1, 0.15) is 54.4 Å². The molecule has 4 aromatic rings. The fourth-order valence-electron chi connectivity index (χ4n) is 5.11. The molecular formula is C28H30N6O3. The van der Waals surface area contributed by atoms with Crippen LogP contribution >= 0.6 is 0 Å². The number of tetrazole rings is 1. The Morgan fingerprint density at radius 1 is 1.14 bits per heavy atom. The molecule has 2 aromatic heterocycles. The molecular weight excluding hydrogens is 468 g/mol. The van der Waals surface area contributed by atoms with E-state index in [-0.39, 0.29) is 18.2 Å². The van der Waals surface area contributed by atoms with Crippen LogP contribution in [0.25, 0.3) is 5.69 Å². The summed E-state index contributed by atoms with van der Waals surface area (Å²) in [5.41, 5.74) is 2.28. The molecule has 0 spiro atoms. The molecule has 2 amide bonds. The molecule has 0 bridgehead atoms. The van der Waals surface area contributed by atoms with Gasteiger partial charge in [-0.3, -0.25) is 9.59 Å². The number of rotatable bonds is 9. The third kappa shape index (κ3) is 5.16. The number of aryl methyl sites for hydroxylation is 1. The van der Waals surface area contributed by atoms with Gasteiger partial charge in [-0.25, -0.2) is 0 Å². The van der Waals surface area contributed by atoms with Gasteiger partial charge in [0.25, 0.3) is 0 Å². The van der Waals surface area contributed by atoms with Crippen molar-refractivity contribution in [1.82, 2.24) is 30.4 Å². The van der Waals surface area contributed by atoms with Gasteiger partial charge in [0, 0.05) is 31.8 Å². The molecule has 1 aliphatic rings. The van der Waals surface area contributed by atoms with Crippen LogP contribution in [0.3, 0.4) is 0 Å². The van der Waals surface area contributed by atoms with E-state index in [9.17, 15) is 9.59 Å². The lowest BCUT2D eigenvalue weighted by molar-refractivity contribution is -0.132. The molecule has 37 heavy (non-hydrogen) atoms. The number of benzene rings is 2. The number of aromatic nitrogens is 4. The number of nitrogens with one attached hydrogen (secondary N) is 1. The quantitative estimate of drug-likeness (QED) is 0.376. The standard InChI is InChI=1S/C28H30N6O3/c1-20-9-6-7-13-23(20)34-27(30-31-32-34)26(21-10-4-3-5-11-21)33(2)25(36)15-17-28(16-14-24(35)29-28)19-22-12-8-18-37-22/h3-13,18,26H,14-17,19H2,1-2H3,(H,29,35)/t26-,28-/m0/s1. The van der Waals surface area contributed by atoms with Gasteiger partial charge in [0.05, 0.1) is 12.0 Å². The van der Waals surface area contributed by atoms with Crippen LogP contribution in [0, 0.1) is 6.92 Å². The van der Waals surface area contributed by atoms with Crippen molar-refractivity contribution >= 4 is 11.8 Å². The number of para-hydroxylation sites is 1. The van der Waals surface area contributed by atoms with Gasteiger partial charge in [-0.1, -0.05) is 48.5 Å². The molecule has 2 atom stereocenters. The normalized spacial score (nSPS) is 17.9. The van der Waals surface area contributed by atoms with Crippen molar-refractivity contribution < 1.29 is 14.0 Å². The molecule has 5 rings (SSSR count). The first kappa shape index (κ1) is 24.4. The van der Waals surface area contributed by atoms with Gasteiger partial charge in [0.1, 0.15) is 11.8 Å². The first-order chi connectivity index (χ1) is 18.0. The van der Waals surface area contributed by atoms with Crippen molar-refractivity contribution in [2.24, 2.45) is 0 Å². The highest BCUT2D eigenvalue weighted by Gasteiger charge is 2.39. The zero-order valence-electron chi connectivity index (χ0n) is 21.0. The van der Waals surface area contributed by atoms with Crippen LogP contribution < -0.4 is 5.32 Å². The summed E-state index contributed by atoms with van der Waals surface area (Å²) < 4.78 is 7.25. The van der Waals surface area contributed by atoms with Crippen LogP contribution in [0.15, 0.2) is 77.4 Å². The average Bonchev–Trinajstić information content (AvgIpc) is 3.67. The second-order valence-corrected chi connectivity index (χ2v) is 9.64. The lowest BCUT2D eigenvalue weighted by atomic mass is 9.86. The second kappa shape index (κ2) is 10.4. The predicted molar refractivity (Wildman–Crippen MR) is 137 cm³/mol. The zero-order chi connectivity index (χ0) is 25.8. The van der Waals surface area contributed by atoms with E-state index in [1.165, 1.54) is 0 Å². The first-order valence-corrected chi connectivity index (χ1v) is 12.4. The SMILES string of the molecule is Cc1ccccc1-n1nnnc1[C@H](c1ccccc1)N(C)C(=O)CC[C@]1(Cc2ccco2)CCC(=O)N1. The van der Waals surface area contributed by atoms with Crippen molar-refractivity contribution in [2.45, 2.75) is 50.6 Å². The summed E-state index contributed by atoms with van der Waals surface area (Å²) in [6, 6.07) is 20.9. The Balaban J connectivity index is 1.42. The number of nitrogens with zero attached hydrogens (tertiary/aromatic N) is 5. The molecule has 1 N–H and O–H groups in total. The maximum absolute atomic E-state index is 13.7. The van der Waals surface area contributed by atoms with Crippen molar-refractivity contribution in [3.05, 3.63) is 95.7 Å². The Labute approximate surface area is 215 Å². The highest BCUT2D eigenvalue weighted by molar-refractivity contribution is 5.80. The molecule has 3 heterocycles. The van der Waals surface area contributed by atoms with Crippen LogP contribution in [-0.4, -0.2) is 49.5 Å². The molecule has 1 aliphatic heterocycles. The number of furan rings is 1. The number of carbonyl (C=O) groups is 2. The Morgan fingerprint density at radius 2 is 1.92 bits per heavy atom. The summed E-state index contributed by atoms with van der Waals surface area (Å²) in [6.45, 7) is 2.00. The van der Waals surface area contributed by atoms with Crippen molar-refractivity contribution in [3.8, 4) is 5.69 Å². The monoisotopic (exact) mass is 498 g/mol. The van der Waals surface area contributed by atoms with Gasteiger partial charge in [-0.2, -0.15) is 4.68 Å². The van der Waals surface area contributed by atoms with E-state index in [1.807, 2.05) is 73.7 Å². The van der Waals surface area contributed by atoms with E-state index < -0.39 is 11.6 Å². The van der Waals surface area contributed by atoms with Crippen molar-refractivity contribution in [2.75, 3.05) is 7.05 Å². The highest BCUT2D eigenvalue weighted by Crippen LogP contribution is 2.32. The third-order valence-electron chi connectivity index (χ3n) is 7.12. The zero-order valence-corrected chi connectivity index (χ0v) is 21.0. The molecule has 1 fully saturated rings. The van der Waals surface area contributed by atoms with Crippen LogP contribution in [0.2, 0.25) is 0 Å². The molecule has 0 aliphatic carbocycles. The summed E-state index contributed by atoms with van der Waals surface area (Å²) in [5, 5.41) is 15.7. The maximum atomic E-state index is 13.7. The lowest BCUT2D eigenvalue weighted by Crippen LogP contribution is -2.45. The summed E-state index contributed by atoms with van der Waals surface area (Å²) in [6.07, 6.45) is 4.05. The number of amides is 2. The molecule has 190 valence electrons. The van der Waals surface area contributed by atoms with Gasteiger partial charge in [-0.05, 0) is 59.5 Å². The third-order valence-corrected chi connectivity index (χ3v) is 7.12. The minimum absolute atomic E-state index is 0.00642. The van der Waals surface area contributed by atoms with Crippen molar-refractivity contribution in [1.29, 1.82) is 0 Å². The molecule has 9 nitrogen and oxygen atoms in total. The molecule has 0 unspecified atom stereocenters. The van der Waals surface area contributed by atoms with E-state index in [1.54, 1.807) is 22.9 Å². The highest BCUT2D eigenvalue weighted by atomic mass is 16.3. The first-order valence-electron chi connectivity index (χ1n) is 12.4. The second-order valence-electron chi connectivity index (χ2n) is 9.64. The number of hydrogen-bond donors (Lipinski definition) is 1. The topological polar surface area (TPSA) is 106 Å². The molecule has 0 saturated carbocycles. The molecule has 0 radical (unpaired) electrons. The van der Waals surface area contributed by atoms with Gasteiger partial charge < -0.3 is 14.6 Å². The average molecular weight is 499 g/mol. The fourth-order valence-corrected chi connectivity index (χ4v) is 5.11. The minimum atomic E-state index is -0.504. The van der Waals surface area contributed by atoms with E-state index in [4.69, 9.17) is 4.42 Å². The Bertz CT molecular complexity index is 1370. The summed E-state index contributed by atoms with van der Waals surface area (Å²) in [7, 11) is 1.78. The van der Waals surface area contributed by atoms with Gasteiger partial charge in [0.2, 0.25) is 11.8 Å². The van der Waals surface area contributed by atoms with Crippen LogP contribution in [0.4, 0.5) is 0 Å². The van der Waals surface area contributed by atoms with E-state index in [2.05, 4.69) is 20.8 Å².